The molecule has 4 aliphatic heterocycles. The SMILES string of the molecule is C=C[C@H]1[C@H](O[C@@H]2O[C@H](CO)[C@@H](O)[C@H](O)[C@H]2O)OCC2C(=O)N3CCc4c([nH]c5ccccc45)[C@H]3C[C@H]21. The van der Waals surface area contributed by atoms with Gasteiger partial charge in [0.15, 0.2) is 12.6 Å². The van der Waals surface area contributed by atoms with Gasteiger partial charge in [-0.2, -0.15) is 0 Å². The Morgan fingerprint density at radius 2 is 1.97 bits per heavy atom. The minimum atomic E-state index is -1.55. The fourth-order valence-corrected chi connectivity index (χ4v) is 6.51. The molecule has 1 unspecified atom stereocenters. The molecule has 3 saturated heterocycles. The summed E-state index contributed by atoms with van der Waals surface area (Å²) in [6.07, 6.45) is -4.64. The first-order valence-corrected chi connectivity index (χ1v) is 12.5. The molecule has 194 valence electrons. The zero-order chi connectivity index (χ0) is 25.1. The lowest BCUT2D eigenvalue weighted by Gasteiger charge is -2.51. The lowest BCUT2D eigenvalue weighted by Crippen LogP contribution is -2.61. The van der Waals surface area contributed by atoms with Gasteiger partial charge in [-0.15, -0.1) is 6.58 Å². The van der Waals surface area contributed by atoms with Crippen LogP contribution in [0.15, 0.2) is 36.9 Å². The van der Waals surface area contributed by atoms with E-state index >= 15 is 0 Å². The molecule has 6 rings (SSSR count). The summed E-state index contributed by atoms with van der Waals surface area (Å²) in [5.41, 5.74) is 3.40. The number of nitrogens with one attached hydrogen (secondary N) is 1. The molecule has 1 aromatic heterocycles. The summed E-state index contributed by atoms with van der Waals surface area (Å²) in [7, 11) is 0. The zero-order valence-corrected chi connectivity index (χ0v) is 19.8. The van der Waals surface area contributed by atoms with Gasteiger partial charge >= 0.3 is 0 Å². The third kappa shape index (κ3) is 3.63. The molecule has 4 aliphatic rings. The van der Waals surface area contributed by atoms with Gasteiger partial charge < -0.3 is 44.5 Å². The Bertz CT molecular complexity index is 1150. The van der Waals surface area contributed by atoms with E-state index in [1.54, 1.807) is 6.08 Å². The summed E-state index contributed by atoms with van der Waals surface area (Å²) >= 11 is 0. The molecular weight excluding hydrogens is 468 g/mol. The van der Waals surface area contributed by atoms with E-state index in [1.165, 1.54) is 10.9 Å². The molecule has 1 aromatic carbocycles. The number of carbonyl (C=O) groups excluding carboxylic acids is 1. The molecule has 0 saturated carbocycles. The van der Waals surface area contributed by atoms with Gasteiger partial charge in [0.2, 0.25) is 5.91 Å². The number of amides is 1. The lowest BCUT2D eigenvalue weighted by atomic mass is 9.70. The van der Waals surface area contributed by atoms with Crippen LogP contribution in [0.3, 0.4) is 0 Å². The highest BCUT2D eigenvalue weighted by molar-refractivity contribution is 5.87. The molecule has 0 spiro atoms. The molecule has 10 atom stereocenters. The predicted molar refractivity (Wildman–Crippen MR) is 126 cm³/mol. The molecule has 0 aliphatic carbocycles. The van der Waals surface area contributed by atoms with Crippen molar-refractivity contribution in [3.05, 3.63) is 48.2 Å². The summed E-state index contributed by atoms with van der Waals surface area (Å²) in [4.78, 5) is 19.1. The second-order valence-electron chi connectivity index (χ2n) is 10.2. The first-order valence-electron chi connectivity index (χ1n) is 12.5. The molecule has 0 bridgehead atoms. The highest BCUT2D eigenvalue weighted by Crippen LogP contribution is 2.48. The van der Waals surface area contributed by atoms with Crippen molar-refractivity contribution in [1.82, 2.24) is 9.88 Å². The Morgan fingerprint density at radius 3 is 2.75 bits per heavy atom. The van der Waals surface area contributed by atoms with Gasteiger partial charge in [0.05, 0.1) is 25.2 Å². The number of nitrogens with zero attached hydrogens (tertiary/aromatic N) is 1. The van der Waals surface area contributed by atoms with E-state index in [1.807, 2.05) is 17.0 Å². The van der Waals surface area contributed by atoms with Gasteiger partial charge in [0, 0.05) is 29.1 Å². The fourth-order valence-electron chi connectivity index (χ4n) is 6.51. The lowest BCUT2D eigenvalue weighted by molar-refractivity contribution is -0.352. The smallest absolute Gasteiger partial charge is 0.228 e. The zero-order valence-electron chi connectivity index (χ0n) is 19.8. The highest BCUT2D eigenvalue weighted by atomic mass is 16.8. The quantitative estimate of drug-likeness (QED) is 0.375. The third-order valence-corrected chi connectivity index (χ3v) is 8.41. The molecule has 36 heavy (non-hydrogen) atoms. The molecule has 10 heteroatoms. The maximum atomic E-state index is 13.6. The normalized spacial score (nSPS) is 40.4. The van der Waals surface area contributed by atoms with Crippen molar-refractivity contribution in [1.29, 1.82) is 0 Å². The van der Waals surface area contributed by atoms with Crippen molar-refractivity contribution >= 4 is 16.8 Å². The fraction of sp³-hybridized carbons (Fsp3) is 0.577. The van der Waals surface area contributed by atoms with E-state index in [0.717, 1.165) is 17.6 Å². The van der Waals surface area contributed by atoms with Crippen molar-refractivity contribution in [3.63, 3.8) is 0 Å². The van der Waals surface area contributed by atoms with Gasteiger partial charge in [-0.05, 0) is 30.4 Å². The van der Waals surface area contributed by atoms with Gasteiger partial charge in [0.1, 0.15) is 24.4 Å². The number of aromatic nitrogens is 1. The van der Waals surface area contributed by atoms with E-state index in [4.69, 9.17) is 14.2 Å². The number of ether oxygens (including phenoxy) is 3. The average Bonchev–Trinajstić information content (AvgIpc) is 3.28. The summed E-state index contributed by atoms with van der Waals surface area (Å²) in [6, 6.07) is 8.09. The standard InChI is InChI=1S/C26H32N2O8/c1-2-12-15-9-18-20-14(13-5-3-4-6-17(13)27-20)7-8-28(18)24(33)16(15)11-34-25(12)36-26-23(32)22(31)21(30)19(10-29)35-26/h2-6,12,15-16,18-19,21-23,25-27,29-32H,1,7-11H2/t12-,15+,16?,18-,19-,21-,22+,23-,25+,26+/m1/s1. The Kier molecular flexibility index (Phi) is 6.16. The van der Waals surface area contributed by atoms with Gasteiger partial charge in [-0.25, -0.2) is 0 Å². The molecule has 0 radical (unpaired) electrons. The number of aliphatic hydroxyl groups excluding tert-OH is 4. The van der Waals surface area contributed by atoms with Crippen molar-refractivity contribution in [2.45, 2.75) is 55.9 Å². The number of carbonyl (C=O) groups is 1. The highest BCUT2D eigenvalue weighted by Gasteiger charge is 2.53. The van der Waals surface area contributed by atoms with Crippen molar-refractivity contribution in [3.8, 4) is 0 Å². The Hall–Kier alpha value is -2.31. The van der Waals surface area contributed by atoms with Crippen LogP contribution in [-0.2, 0) is 25.4 Å². The number of hydrogen-bond donors (Lipinski definition) is 5. The van der Waals surface area contributed by atoms with Crippen molar-refractivity contribution in [2.24, 2.45) is 17.8 Å². The Balaban J connectivity index is 1.26. The number of H-pyrrole nitrogens is 1. The van der Waals surface area contributed by atoms with Gasteiger partial charge in [-0.3, -0.25) is 4.79 Å². The first kappa shape index (κ1) is 24.1. The van der Waals surface area contributed by atoms with Crippen LogP contribution < -0.4 is 0 Å². The summed E-state index contributed by atoms with van der Waals surface area (Å²) in [5.74, 6) is -0.780. The Morgan fingerprint density at radius 1 is 1.17 bits per heavy atom. The minimum absolute atomic E-state index is 0.0543. The van der Waals surface area contributed by atoms with Crippen molar-refractivity contribution in [2.75, 3.05) is 19.8 Å². The molecule has 3 fully saturated rings. The first-order chi connectivity index (χ1) is 17.4. The number of aliphatic hydroxyl groups is 4. The average molecular weight is 501 g/mol. The molecule has 1 amide bonds. The minimum Gasteiger partial charge on any atom is -0.394 e. The summed E-state index contributed by atoms with van der Waals surface area (Å²) in [6.45, 7) is 4.24. The third-order valence-electron chi connectivity index (χ3n) is 8.41. The van der Waals surface area contributed by atoms with Crippen LogP contribution in [0, 0.1) is 17.8 Å². The topological polar surface area (TPSA) is 145 Å². The van der Waals surface area contributed by atoms with Crippen LogP contribution in [0.25, 0.3) is 10.9 Å². The van der Waals surface area contributed by atoms with Gasteiger partial charge in [0.25, 0.3) is 0 Å². The van der Waals surface area contributed by atoms with E-state index in [9.17, 15) is 25.2 Å². The molecule has 10 nitrogen and oxygen atoms in total. The predicted octanol–water partition coefficient (Wildman–Crippen LogP) is 0.205. The maximum absolute atomic E-state index is 13.6. The largest absolute Gasteiger partial charge is 0.394 e. The van der Waals surface area contributed by atoms with Crippen LogP contribution in [0.4, 0.5) is 0 Å². The number of para-hydroxylation sites is 1. The molecule has 5 heterocycles. The maximum Gasteiger partial charge on any atom is 0.228 e. The number of fused-ring (bicyclic) bond motifs is 6. The Labute approximate surface area is 208 Å². The molecular formula is C26H32N2O8. The van der Waals surface area contributed by atoms with Crippen LogP contribution in [0.5, 0.6) is 0 Å². The van der Waals surface area contributed by atoms with Crippen LogP contribution in [0.1, 0.15) is 23.7 Å². The molecule has 5 N–H and O–H groups in total. The van der Waals surface area contributed by atoms with E-state index < -0.39 is 43.6 Å². The number of aromatic amines is 1. The number of rotatable bonds is 4. The van der Waals surface area contributed by atoms with E-state index in [0.29, 0.717) is 13.0 Å². The van der Waals surface area contributed by atoms with Gasteiger partial charge in [-0.1, -0.05) is 24.3 Å². The van der Waals surface area contributed by atoms with Crippen LogP contribution >= 0.6 is 0 Å². The summed E-state index contributed by atoms with van der Waals surface area (Å²) in [5, 5.41) is 41.3. The number of hydrogen-bond acceptors (Lipinski definition) is 8. The monoisotopic (exact) mass is 500 g/mol. The van der Waals surface area contributed by atoms with E-state index in [-0.39, 0.29) is 36.3 Å². The van der Waals surface area contributed by atoms with Crippen LogP contribution in [0.2, 0.25) is 0 Å². The summed E-state index contributed by atoms with van der Waals surface area (Å²) < 4.78 is 17.4. The van der Waals surface area contributed by atoms with Crippen LogP contribution in [-0.4, -0.2) is 93.0 Å². The van der Waals surface area contributed by atoms with E-state index in [2.05, 4.69) is 23.7 Å². The number of piperidine rings is 1. The second-order valence-corrected chi connectivity index (χ2v) is 10.2. The molecule has 2 aromatic rings. The second kappa shape index (κ2) is 9.21. The van der Waals surface area contributed by atoms with Crippen molar-refractivity contribution < 1.29 is 39.4 Å². The number of benzene rings is 1.